The summed E-state index contributed by atoms with van der Waals surface area (Å²) in [7, 11) is 0. The van der Waals surface area contributed by atoms with Gasteiger partial charge in [-0.25, -0.2) is 0 Å². The summed E-state index contributed by atoms with van der Waals surface area (Å²) < 4.78 is 0. The lowest BCUT2D eigenvalue weighted by atomic mass is 9.89. The Labute approximate surface area is 108 Å². The summed E-state index contributed by atoms with van der Waals surface area (Å²) in [4.78, 5) is 2.59. The molecule has 1 aliphatic heterocycles. The smallest absolute Gasteiger partial charge is 0.0170 e. The molecule has 1 rings (SSSR count). The molecule has 1 saturated heterocycles. The molecule has 0 saturated carbocycles. The third-order valence-corrected chi connectivity index (χ3v) is 4.08. The van der Waals surface area contributed by atoms with Gasteiger partial charge in [-0.2, -0.15) is 0 Å². The third-order valence-electron chi connectivity index (χ3n) is 4.08. The third kappa shape index (κ3) is 5.87. The molecular weight excluding hydrogens is 208 g/mol. The Morgan fingerprint density at radius 1 is 1.12 bits per heavy atom. The van der Waals surface area contributed by atoms with Gasteiger partial charge in [-0.15, -0.1) is 0 Å². The van der Waals surface area contributed by atoms with Crippen LogP contribution in [0.1, 0.15) is 53.4 Å². The van der Waals surface area contributed by atoms with Crippen molar-refractivity contribution < 1.29 is 0 Å². The molecule has 0 spiro atoms. The molecule has 0 aromatic carbocycles. The first-order chi connectivity index (χ1) is 7.99. The van der Waals surface area contributed by atoms with Crippen molar-refractivity contribution >= 4 is 0 Å². The van der Waals surface area contributed by atoms with Gasteiger partial charge in [-0.3, -0.25) is 0 Å². The van der Waals surface area contributed by atoms with E-state index in [0.29, 0.717) is 6.04 Å². The van der Waals surface area contributed by atoms with Crippen LogP contribution >= 0.6 is 0 Å². The van der Waals surface area contributed by atoms with Crippen molar-refractivity contribution in [3.05, 3.63) is 0 Å². The minimum atomic E-state index is 0.366. The number of likely N-dealkylation sites (tertiary alicyclic amines) is 1. The first kappa shape index (κ1) is 15.0. The molecule has 1 heterocycles. The Morgan fingerprint density at radius 3 is 2.41 bits per heavy atom. The van der Waals surface area contributed by atoms with Gasteiger partial charge in [0.15, 0.2) is 0 Å². The maximum atomic E-state index is 6.21. The SMILES string of the molecule is CC(C)CC(N)CN1CCCC(C(C)C)CC1. The highest BCUT2D eigenvalue weighted by molar-refractivity contribution is 4.75. The molecular formula is C15H32N2. The second kappa shape index (κ2) is 7.38. The molecule has 0 aliphatic carbocycles. The van der Waals surface area contributed by atoms with Crippen molar-refractivity contribution in [2.75, 3.05) is 19.6 Å². The highest BCUT2D eigenvalue weighted by atomic mass is 15.1. The number of hydrogen-bond donors (Lipinski definition) is 1. The minimum absolute atomic E-state index is 0.366. The van der Waals surface area contributed by atoms with Crippen LogP contribution in [-0.4, -0.2) is 30.6 Å². The lowest BCUT2D eigenvalue weighted by Gasteiger charge is -2.25. The summed E-state index contributed by atoms with van der Waals surface area (Å²) in [5.74, 6) is 2.50. The van der Waals surface area contributed by atoms with Gasteiger partial charge in [-0.1, -0.05) is 27.7 Å². The molecule has 0 aromatic heterocycles. The van der Waals surface area contributed by atoms with Crippen molar-refractivity contribution in [2.24, 2.45) is 23.5 Å². The van der Waals surface area contributed by atoms with E-state index in [4.69, 9.17) is 5.73 Å². The van der Waals surface area contributed by atoms with Gasteiger partial charge in [0.25, 0.3) is 0 Å². The summed E-state index contributed by atoms with van der Waals surface area (Å²) in [6, 6.07) is 0.366. The molecule has 2 nitrogen and oxygen atoms in total. The molecule has 0 radical (unpaired) electrons. The van der Waals surface area contributed by atoms with Gasteiger partial charge >= 0.3 is 0 Å². The summed E-state index contributed by atoms with van der Waals surface area (Å²) >= 11 is 0. The second-order valence-corrected chi connectivity index (χ2v) is 6.63. The predicted molar refractivity (Wildman–Crippen MR) is 76.0 cm³/mol. The Morgan fingerprint density at radius 2 is 1.82 bits per heavy atom. The fraction of sp³-hybridized carbons (Fsp3) is 1.00. The average Bonchev–Trinajstić information content (AvgIpc) is 2.41. The molecule has 0 bridgehead atoms. The molecule has 0 aromatic rings. The van der Waals surface area contributed by atoms with E-state index in [1.54, 1.807) is 0 Å². The zero-order chi connectivity index (χ0) is 12.8. The predicted octanol–water partition coefficient (Wildman–Crippen LogP) is 3.12. The van der Waals surface area contributed by atoms with Gasteiger partial charge in [0.1, 0.15) is 0 Å². The zero-order valence-corrected chi connectivity index (χ0v) is 12.3. The Balaban J connectivity index is 2.31. The van der Waals surface area contributed by atoms with Crippen molar-refractivity contribution in [1.29, 1.82) is 0 Å². The standard InChI is InChI=1S/C15H32N2/c1-12(2)10-15(16)11-17-8-5-6-14(7-9-17)13(3)4/h12-15H,5-11,16H2,1-4H3. The first-order valence-corrected chi connectivity index (χ1v) is 7.47. The van der Waals surface area contributed by atoms with Crippen molar-refractivity contribution in [1.82, 2.24) is 4.90 Å². The lowest BCUT2D eigenvalue weighted by Crippen LogP contribution is -2.38. The van der Waals surface area contributed by atoms with E-state index in [1.807, 2.05) is 0 Å². The van der Waals surface area contributed by atoms with Crippen molar-refractivity contribution in [2.45, 2.75) is 59.4 Å². The van der Waals surface area contributed by atoms with Crippen LogP contribution in [-0.2, 0) is 0 Å². The summed E-state index contributed by atoms with van der Waals surface area (Å²) in [6.07, 6.45) is 5.29. The van der Waals surface area contributed by atoms with Crippen LogP contribution in [0.3, 0.4) is 0 Å². The monoisotopic (exact) mass is 240 g/mol. The van der Waals surface area contributed by atoms with Gasteiger partial charge in [0.05, 0.1) is 0 Å². The van der Waals surface area contributed by atoms with Crippen LogP contribution in [0.4, 0.5) is 0 Å². The number of hydrogen-bond acceptors (Lipinski definition) is 2. The molecule has 2 heteroatoms. The lowest BCUT2D eigenvalue weighted by molar-refractivity contribution is 0.246. The molecule has 1 fully saturated rings. The number of nitrogens with zero attached hydrogens (tertiary/aromatic N) is 1. The van der Waals surface area contributed by atoms with Crippen LogP contribution in [0.2, 0.25) is 0 Å². The van der Waals surface area contributed by atoms with Crippen LogP contribution < -0.4 is 5.73 Å². The molecule has 2 atom stereocenters. The van der Waals surface area contributed by atoms with E-state index in [1.165, 1.54) is 32.4 Å². The van der Waals surface area contributed by atoms with E-state index >= 15 is 0 Å². The van der Waals surface area contributed by atoms with E-state index in [2.05, 4.69) is 32.6 Å². The molecule has 1 aliphatic rings. The van der Waals surface area contributed by atoms with Crippen molar-refractivity contribution in [3.63, 3.8) is 0 Å². The van der Waals surface area contributed by atoms with E-state index in [0.717, 1.165) is 30.7 Å². The highest BCUT2D eigenvalue weighted by Gasteiger charge is 2.20. The second-order valence-electron chi connectivity index (χ2n) is 6.63. The average molecular weight is 240 g/mol. The highest BCUT2D eigenvalue weighted by Crippen LogP contribution is 2.24. The summed E-state index contributed by atoms with van der Waals surface area (Å²) in [6.45, 7) is 12.9. The fourth-order valence-electron chi connectivity index (χ4n) is 3.04. The normalized spacial score (nSPS) is 25.2. The quantitative estimate of drug-likeness (QED) is 0.800. The Hall–Kier alpha value is -0.0800. The van der Waals surface area contributed by atoms with Gasteiger partial charge in [0, 0.05) is 12.6 Å². The maximum absolute atomic E-state index is 6.21. The molecule has 17 heavy (non-hydrogen) atoms. The van der Waals surface area contributed by atoms with Gasteiger partial charge in [0.2, 0.25) is 0 Å². The Kier molecular flexibility index (Phi) is 6.50. The molecule has 2 N–H and O–H groups in total. The Bertz CT molecular complexity index is 201. The van der Waals surface area contributed by atoms with Crippen molar-refractivity contribution in [3.8, 4) is 0 Å². The molecule has 2 unspecified atom stereocenters. The summed E-state index contributed by atoms with van der Waals surface area (Å²) in [5, 5.41) is 0. The molecule has 102 valence electrons. The van der Waals surface area contributed by atoms with Gasteiger partial charge < -0.3 is 10.6 Å². The van der Waals surface area contributed by atoms with E-state index < -0.39 is 0 Å². The van der Waals surface area contributed by atoms with Crippen LogP contribution in [0.15, 0.2) is 0 Å². The van der Waals surface area contributed by atoms with Crippen LogP contribution in [0.25, 0.3) is 0 Å². The number of rotatable bonds is 5. The zero-order valence-electron chi connectivity index (χ0n) is 12.3. The van der Waals surface area contributed by atoms with E-state index in [-0.39, 0.29) is 0 Å². The largest absolute Gasteiger partial charge is 0.327 e. The topological polar surface area (TPSA) is 29.3 Å². The molecule has 0 amide bonds. The van der Waals surface area contributed by atoms with E-state index in [9.17, 15) is 0 Å². The van der Waals surface area contributed by atoms with Crippen LogP contribution in [0, 0.1) is 17.8 Å². The van der Waals surface area contributed by atoms with Crippen LogP contribution in [0.5, 0.6) is 0 Å². The summed E-state index contributed by atoms with van der Waals surface area (Å²) in [5.41, 5.74) is 6.21. The first-order valence-electron chi connectivity index (χ1n) is 7.47. The van der Waals surface area contributed by atoms with Gasteiger partial charge in [-0.05, 0) is 56.5 Å². The number of nitrogens with two attached hydrogens (primary N) is 1. The minimum Gasteiger partial charge on any atom is -0.327 e. The maximum Gasteiger partial charge on any atom is 0.0170 e. The fourth-order valence-corrected chi connectivity index (χ4v) is 3.04.